The molecule has 0 spiro atoms. The molecule has 0 aliphatic carbocycles. The zero-order valence-corrected chi connectivity index (χ0v) is 15.9. The summed E-state index contributed by atoms with van der Waals surface area (Å²) < 4.78 is 4.85. The van der Waals surface area contributed by atoms with E-state index < -0.39 is 5.97 Å². The van der Waals surface area contributed by atoms with E-state index >= 15 is 0 Å². The fourth-order valence-corrected chi connectivity index (χ4v) is 3.51. The van der Waals surface area contributed by atoms with Crippen molar-refractivity contribution in [3.05, 3.63) is 18.6 Å². The number of esters is 1. The maximum Gasteiger partial charge on any atom is 0.325 e. The van der Waals surface area contributed by atoms with Gasteiger partial charge in [-0.05, 0) is 25.3 Å². The van der Waals surface area contributed by atoms with Crippen LogP contribution in [-0.2, 0) is 9.53 Å². The van der Waals surface area contributed by atoms with Crippen molar-refractivity contribution in [2.24, 2.45) is 5.92 Å². The number of likely N-dealkylation sites (tertiary alicyclic amines) is 1. The van der Waals surface area contributed by atoms with Crippen molar-refractivity contribution in [3.8, 4) is 0 Å². The van der Waals surface area contributed by atoms with Crippen molar-refractivity contribution >= 4 is 28.9 Å². The Morgan fingerprint density at radius 1 is 1.44 bits per heavy atom. The molecule has 1 aliphatic heterocycles. The van der Waals surface area contributed by atoms with Crippen LogP contribution in [0.3, 0.4) is 0 Å². The van der Waals surface area contributed by atoms with Gasteiger partial charge in [0.25, 0.3) is 0 Å². The first-order chi connectivity index (χ1) is 13.0. The lowest BCUT2D eigenvalue weighted by Gasteiger charge is -2.42. The van der Waals surface area contributed by atoms with Crippen LogP contribution in [0.4, 0.5) is 10.6 Å². The lowest BCUT2D eigenvalue weighted by atomic mass is 9.92. The molecule has 2 atom stereocenters. The first-order valence-electron chi connectivity index (χ1n) is 9.20. The van der Waals surface area contributed by atoms with Gasteiger partial charge in [-0.15, -0.1) is 0 Å². The van der Waals surface area contributed by atoms with Crippen molar-refractivity contribution in [2.45, 2.75) is 26.3 Å². The number of H-pyrrole nitrogens is 1. The number of fused-ring (bicyclic) bond motifs is 1. The normalized spacial score (nSPS) is 19.7. The fourth-order valence-electron chi connectivity index (χ4n) is 3.51. The Morgan fingerprint density at radius 3 is 3.04 bits per heavy atom. The van der Waals surface area contributed by atoms with Crippen LogP contribution < -0.4 is 10.2 Å². The third kappa shape index (κ3) is 4.12. The average molecular weight is 374 g/mol. The van der Waals surface area contributed by atoms with Gasteiger partial charge in [-0.25, -0.2) is 14.8 Å². The summed E-state index contributed by atoms with van der Waals surface area (Å²) in [5.74, 6) is 0.806. The molecule has 0 aromatic carbocycles. The minimum Gasteiger partial charge on any atom is -0.465 e. The Bertz CT molecular complexity index is 807. The molecule has 0 saturated carbocycles. The topological polar surface area (TPSA) is 103 Å². The number of amides is 2. The molecular weight excluding hydrogens is 348 g/mol. The van der Waals surface area contributed by atoms with Gasteiger partial charge < -0.3 is 24.8 Å². The minimum atomic E-state index is -0.430. The Labute approximate surface area is 158 Å². The summed E-state index contributed by atoms with van der Waals surface area (Å²) in [6, 6.07) is 1.82. The highest BCUT2D eigenvalue weighted by atomic mass is 16.5. The van der Waals surface area contributed by atoms with E-state index in [1.807, 2.05) is 19.3 Å². The van der Waals surface area contributed by atoms with Gasteiger partial charge in [0.05, 0.1) is 18.0 Å². The monoisotopic (exact) mass is 374 g/mol. The van der Waals surface area contributed by atoms with Gasteiger partial charge in [-0.2, -0.15) is 0 Å². The van der Waals surface area contributed by atoms with Crippen LogP contribution >= 0.6 is 0 Å². The third-order valence-electron chi connectivity index (χ3n) is 5.06. The first-order valence-corrected chi connectivity index (χ1v) is 9.20. The van der Waals surface area contributed by atoms with Crippen molar-refractivity contribution in [3.63, 3.8) is 0 Å². The molecule has 2 aromatic rings. The Balaban J connectivity index is 1.69. The Hall–Kier alpha value is -2.84. The lowest BCUT2D eigenvalue weighted by Crippen LogP contribution is -2.55. The second-order valence-electron chi connectivity index (χ2n) is 6.79. The lowest BCUT2D eigenvalue weighted by molar-refractivity contribution is -0.141. The van der Waals surface area contributed by atoms with E-state index in [0.29, 0.717) is 25.6 Å². The number of anilines is 1. The highest BCUT2D eigenvalue weighted by Gasteiger charge is 2.32. The van der Waals surface area contributed by atoms with Gasteiger partial charge in [0.2, 0.25) is 0 Å². The number of hydrogen-bond acceptors (Lipinski definition) is 6. The predicted octanol–water partition coefficient (Wildman–Crippen LogP) is 1.38. The summed E-state index contributed by atoms with van der Waals surface area (Å²) in [6.45, 7) is 5.32. The average Bonchev–Trinajstić information content (AvgIpc) is 3.15. The second-order valence-corrected chi connectivity index (χ2v) is 6.79. The van der Waals surface area contributed by atoms with Crippen molar-refractivity contribution in [2.75, 3.05) is 38.2 Å². The summed E-state index contributed by atoms with van der Waals surface area (Å²) in [5.41, 5.74) is 0.791. The molecule has 1 saturated heterocycles. The molecule has 9 nitrogen and oxygen atoms in total. The quantitative estimate of drug-likeness (QED) is 0.767. The van der Waals surface area contributed by atoms with Crippen LogP contribution in [0.2, 0.25) is 0 Å². The maximum absolute atomic E-state index is 12.4. The van der Waals surface area contributed by atoms with Gasteiger partial charge in [0.15, 0.2) is 0 Å². The number of carbonyl (C=O) groups excluding carboxylic acids is 2. The van der Waals surface area contributed by atoms with E-state index in [9.17, 15) is 9.59 Å². The van der Waals surface area contributed by atoms with Crippen molar-refractivity contribution < 1.29 is 14.3 Å². The van der Waals surface area contributed by atoms with E-state index in [-0.39, 0.29) is 18.6 Å². The van der Waals surface area contributed by atoms with Gasteiger partial charge >= 0.3 is 12.0 Å². The number of aromatic nitrogens is 3. The van der Waals surface area contributed by atoms with Gasteiger partial charge in [0.1, 0.15) is 24.3 Å². The maximum atomic E-state index is 12.4. The van der Waals surface area contributed by atoms with E-state index in [1.54, 1.807) is 18.2 Å². The SMILES string of the molecule is CCOC(=O)CNC(=O)N1CC[C@@H](C)[C@@H](N(C)c2ncnc3[nH]ccc23)C1. The fraction of sp³-hybridized carbons (Fsp3) is 0.556. The standard InChI is InChI=1S/C18H26N6O3/c1-4-27-15(25)9-20-18(26)24-8-6-12(2)14(10-24)23(3)17-13-5-7-19-16(13)21-11-22-17/h5,7,11-12,14H,4,6,8-10H2,1-3H3,(H,20,26)(H,19,21,22)/t12-,14+/m1/s1. The summed E-state index contributed by atoms with van der Waals surface area (Å²) in [5, 5.41) is 3.59. The number of carbonyl (C=O) groups is 2. The molecule has 0 radical (unpaired) electrons. The van der Waals surface area contributed by atoms with E-state index in [4.69, 9.17) is 4.74 Å². The van der Waals surface area contributed by atoms with Crippen LogP contribution in [0.5, 0.6) is 0 Å². The number of urea groups is 1. The van der Waals surface area contributed by atoms with Crippen LogP contribution in [0, 0.1) is 5.92 Å². The zero-order chi connectivity index (χ0) is 19.4. The number of nitrogens with zero attached hydrogens (tertiary/aromatic N) is 4. The van der Waals surface area contributed by atoms with E-state index in [0.717, 1.165) is 23.3 Å². The van der Waals surface area contributed by atoms with Gasteiger partial charge in [0, 0.05) is 26.3 Å². The molecule has 2 N–H and O–H groups in total. The molecule has 3 rings (SSSR count). The number of ether oxygens (including phenoxy) is 1. The number of hydrogen-bond donors (Lipinski definition) is 2. The highest BCUT2D eigenvalue weighted by Crippen LogP contribution is 2.28. The van der Waals surface area contributed by atoms with Gasteiger partial charge in [-0.1, -0.05) is 6.92 Å². The number of likely N-dealkylation sites (N-methyl/N-ethyl adjacent to an activating group) is 1. The third-order valence-corrected chi connectivity index (χ3v) is 5.06. The van der Waals surface area contributed by atoms with Crippen molar-refractivity contribution in [1.29, 1.82) is 0 Å². The molecular formula is C18H26N6O3. The molecule has 3 heterocycles. The second kappa shape index (κ2) is 8.24. The highest BCUT2D eigenvalue weighted by molar-refractivity contribution is 5.87. The molecule has 0 unspecified atom stereocenters. The zero-order valence-electron chi connectivity index (χ0n) is 15.9. The van der Waals surface area contributed by atoms with Gasteiger partial charge in [-0.3, -0.25) is 4.79 Å². The summed E-state index contributed by atoms with van der Waals surface area (Å²) in [4.78, 5) is 39.6. The van der Waals surface area contributed by atoms with Crippen LogP contribution in [-0.4, -0.2) is 71.2 Å². The van der Waals surface area contributed by atoms with Crippen molar-refractivity contribution in [1.82, 2.24) is 25.2 Å². The summed E-state index contributed by atoms with van der Waals surface area (Å²) in [7, 11) is 2.00. The number of nitrogens with one attached hydrogen (secondary N) is 2. The number of rotatable bonds is 5. The Kier molecular flexibility index (Phi) is 5.78. The summed E-state index contributed by atoms with van der Waals surface area (Å²) >= 11 is 0. The largest absolute Gasteiger partial charge is 0.465 e. The molecule has 146 valence electrons. The minimum absolute atomic E-state index is 0.111. The predicted molar refractivity (Wildman–Crippen MR) is 101 cm³/mol. The van der Waals surface area contributed by atoms with Crippen LogP contribution in [0.25, 0.3) is 11.0 Å². The summed E-state index contributed by atoms with van der Waals surface area (Å²) in [6.07, 6.45) is 4.27. The molecule has 27 heavy (non-hydrogen) atoms. The smallest absolute Gasteiger partial charge is 0.325 e. The first kappa shape index (κ1) is 18.9. The molecule has 1 fully saturated rings. The molecule has 2 amide bonds. The molecule has 9 heteroatoms. The van der Waals surface area contributed by atoms with E-state index in [2.05, 4.69) is 32.1 Å². The molecule has 2 aromatic heterocycles. The molecule has 1 aliphatic rings. The Morgan fingerprint density at radius 2 is 2.26 bits per heavy atom. The number of piperidine rings is 1. The molecule has 0 bridgehead atoms. The number of aromatic amines is 1. The van der Waals surface area contributed by atoms with Crippen LogP contribution in [0.1, 0.15) is 20.3 Å². The van der Waals surface area contributed by atoms with Crippen LogP contribution in [0.15, 0.2) is 18.6 Å². The van der Waals surface area contributed by atoms with E-state index in [1.165, 1.54) is 0 Å².